The quantitative estimate of drug-likeness (QED) is 0.687. The van der Waals surface area contributed by atoms with E-state index in [1.165, 1.54) is 29.8 Å². The molecule has 1 amide bonds. The number of rotatable bonds is 3. The summed E-state index contributed by atoms with van der Waals surface area (Å²) in [4.78, 5) is 23.4. The lowest BCUT2D eigenvalue weighted by Crippen LogP contribution is -2.24. The second kappa shape index (κ2) is 6.15. The fourth-order valence-electron chi connectivity index (χ4n) is 2.11. The predicted octanol–water partition coefficient (Wildman–Crippen LogP) is 2.40. The van der Waals surface area contributed by atoms with Crippen LogP contribution in [-0.4, -0.2) is 16.9 Å². The van der Waals surface area contributed by atoms with Crippen LogP contribution in [-0.2, 0) is 16.0 Å². The minimum atomic E-state index is -0.327. The number of hydrogen-bond donors (Lipinski definition) is 1. The van der Waals surface area contributed by atoms with Crippen LogP contribution < -0.4 is 5.32 Å². The van der Waals surface area contributed by atoms with E-state index in [0.29, 0.717) is 11.4 Å². The summed E-state index contributed by atoms with van der Waals surface area (Å²) in [6.07, 6.45) is 0.581. The van der Waals surface area contributed by atoms with Crippen LogP contribution in [0.5, 0.6) is 0 Å². The van der Waals surface area contributed by atoms with Crippen LogP contribution in [0.25, 0.3) is 0 Å². The van der Waals surface area contributed by atoms with Crippen molar-refractivity contribution < 1.29 is 9.59 Å². The van der Waals surface area contributed by atoms with Crippen molar-refractivity contribution in [3.63, 3.8) is 0 Å². The zero-order chi connectivity index (χ0) is 15.6. The number of hydrogen-bond acceptors (Lipinski definition) is 4. The number of carbonyl (C=O) groups is 2. The van der Waals surface area contributed by atoms with Gasteiger partial charge in [0.25, 0.3) is 0 Å². The third-order valence-electron chi connectivity index (χ3n) is 3.47. The highest BCUT2D eigenvalue weighted by atomic mass is 32.2. The number of thioether (sulfide) groups is 1. The minimum Gasteiger partial charge on any atom is -0.318 e. The van der Waals surface area contributed by atoms with Crippen LogP contribution >= 0.6 is 11.8 Å². The molecule has 1 aromatic rings. The Kier molecular flexibility index (Phi) is 4.49. The number of benzene rings is 1. The number of nitriles is 1. The lowest BCUT2D eigenvalue weighted by molar-refractivity contribution is -0.119. The molecule has 0 aliphatic carbocycles. The Labute approximate surface area is 128 Å². The van der Waals surface area contributed by atoms with Gasteiger partial charge in [-0.05, 0) is 43.9 Å². The summed E-state index contributed by atoms with van der Waals surface area (Å²) in [5.74, 6) is -0.477. The molecule has 1 saturated heterocycles. The van der Waals surface area contributed by atoms with Crippen molar-refractivity contribution >= 4 is 23.5 Å². The summed E-state index contributed by atoms with van der Waals surface area (Å²) in [5.41, 5.74) is 3.50. The topological polar surface area (TPSA) is 70.0 Å². The molecule has 0 bridgehead atoms. The molecule has 4 nitrogen and oxygen atoms in total. The van der Waals surface area contributed by atoms with Crippen molar-refractivity contribution in [2.45, 2.75) is 32.4 Å². The van der Waals surface area contributed by atoms with E-state index in [0.717, 1.165) is 5.56 Å². The molecule has 0 unspecified atom stereocenters. The van der Waals surface area contributed by atoms with Gasteiger partial charge in [-0.15, -0.1) is 0 Å². The molecule has 1 N–H and O–H groups in total. The molecule has 2 rings (SSSR count). The normalized spacial score (nSPS) is 19.9. The highest BCUT2D eigenvalue weighted by molar-refractivity contribution is 8.04. The summed E-state index contributed by atoms with van der Waals surface area (Å²) >= 11 is 1.26. The van der Waals surface area contributed by atoms with E-state index in [1.807, 2.05) is 32.0 Å². The van der Waals surface area contributed by atoms with E-state index < -0.39 is 0 Å². The van der Waals surface area contributed by atoms with E-state index in [-0.39, 0.29) is 22.5 Å². The van der Waals surface area contributed by atoms with Crippen LogP contribution in [0.2, 0.25) is 0 Å². The van der Waals surface area contributed by atoms with Gasteiger partial charge in [0.05, 0.1) is 10.3 Å². The first-order valence-electron chi connectivity index (χ1n) is 6.61. The number of allylic oxidation sites excluding steroid dienone is 1. The Morgan fingerprint density at radius 1 is 1.38 bits per heavy atom. The molecule has 1 heterocycles. The highest BCUT2D eigenvalue weighted by Gasteiger charge is 2.32. The molecule has 0 radical (unpaired) electrons. The smallest absolute Gasteiger partial charge is 0.238 e. The number of carbonyl (C=O) groups excluding carboxylic acids is 2. The van der Waals surface area contributed by atoms with Crippen LogP contribution in [0.15, 0.2) is 28.8 Å². The van der Waals surface area contributed by atoms with Crippen LogP contribution in [0.1, 0.15) is 23.6 Å². The third kappa shape index (κ3) is 3.34. The third-order valence-corrected chi connectivity index (χ3v) is 4.68. The van der Waals surface area contributed by atoms with Gasteiger partial charge in [0.15, 0.2) is 5.78 Å². The molecule has 5 heteroatoms. The Morgan fingerprint density at radius 2 is 2.10 bits per heavy atom. The molecule has 21 heavy (non-hydrogen) atoms. The average molecular weight is 300 g/mol. The van der Waals surface area contributed by atoms with Gasteiger partial charge in [-0.1, -0.05) is 30.0 Å². The zero-order valence-electron chi connectivity index (χ0n) is 12.2. The highest BCUT2D eigenvalue weighted by Crippen LogP contribution is 2.32. The Hall–Kier alpha value is -2.06. The zero-order valence-corrected chi connectivity index (χ0v) is 13.0. The first kappa shape index (κ1) is 15.3. The average Bonchev–Trinajstić information content (AvgIpc) is 2.75. The van der Waals surface area contributed by atoms with Gasteiger partial charge < -0.3 is 5.32 Å². The number of ketones is 1. The molecule has 108 valence electrons. The van der Waals surface area contributed by atoms with Gasteiger partial charge in [0.1, 0.15) is 11.6 Å². The van der Waals surface area contributed by atoms with E-state index in [9.17, 15) is 9.59 Å². The summed E-state index contributed by atoms with van der Waals surface area (Å²) in [5, 5.41) is 11.7. The second-order valence-electron chi connectivity index (χ2n) is 5.09. The van der Waals surface area contributed by atoms with Gasteiger partial charge in [0.2, 0.25) is 5.91 Å². The van der Waals surface area contributed by atoms with Crippen molar-refractivity contribution in [2.75, 3.05) is 0 Å². The first-order chi connectivity index (χ1) is 9.92. The number of aryl methyl sites for hydroxylation is 2. The van der Waals surface area contributed by atoms with Gasteiger partial charge in [0, 0.05) is 0 Å². The minimum absolute atomic E-state index is 0.0240. The van der Waals surface area contributed by atoms with Crippen molar-refractivity contribution in [3.8, 4) is 6.07 Å². The molecular weight excluding hydrogens is 284 g/mol. The Morgan fingerprint density at radius 3 is 2.67 bits per heavy atom. The maximum absolute atomic E-state index is 12.0. The summed E-state index contributed by atoms with van der Waals surface area (Å²) in [7, 11) is 0. The van der Waals surface area contributed by atoms with Gasteiger partial charge in [-0.25, -0.2) is 0 Å². The fourth-order valence-corrected chi connectivity index (χ4v) is 3.30. The number of nitrogens with one attached hydrogen (secondary N) is 1. The van der Waals surface area contributed by atoms with Crippen LogP contribution in [0, 0.1) is 25.2 Å². The van der Waals surface area contributed by atoms with Crippen LogP contribution in [0.3, 0.4) is 0 Å². The molecule has 1 aromatic carbocycles. The standard InChI is InChI=1S/C16H16N2O2S/c1-9-4-5-12(6-10(9)2)7-14-15(20)18-16(21-14)13(8-17)11(3)19/h4-6,14H,7H2,1-3H3,(H,18,20)/b16-13+/t14-/m0/s1. The lowest BCUT2D eigenvalue weighted by atomic mass is 10.0. The number of Topliss-reactive ketones (excluding diaryl/α,β-unsaturated/α-hetero) is 1. The lowest BCUT2D eigenvalue weighted by Gasteiger charge is -2.08. The molecular formula is C16H16N2O2S. The molecule has 0 spiro atoms. The van der Waals surface area contributed by atoms with Crippen molar-refractivity contribution in [2.24, 2.45) is 0 Å². The maximum atomic E-state index is 12.0. The van der Waals surface area contributed by atoms with Crippen molar-refractivity contribution in [1.82, 2.24) is 5.32 Å². The fraction of sp³-hybridized carbons (Fsp3) is 0.312. The van der Waals surface area contributed by atoms with E-state index >= 15 is 0 Å². The predicted molar refractivity (Wildman–Crippen MR) is 82.5 cm³/mol. The van der Waals surface area contributed by atoms with E-state index in [4.69, 9.17) is 5.26 Å². The maximum Gasteiger partial charge on any atom is 0.238 e. The molecule has 1 fully saturated rings. The summed E-state index contributed by atoms with van der Waals surface area (Å²) in [6.45, 7) is 5.41. The molecule has 0 aromatic heterocycles. The Balaban J connectivity index is 2.20. The number of nitrogens with zero attached hydrogens (tertiary/aromatic N) is 1. The summed E-state index contributed by atoms with van der Waals surface area (Å²) in [6, 6.07) is 7.97. The van der Waals surface area contributed by atoms with Crippen molar-refractivity contribution in [3.05, 3.63) is 45.5 Å². The molecule has 1 atom stereocenters. The van der Waals surface area contributed by atoms with Crippen LogP contribution in [0.4, 0.5) is 0 Å². The monoisotopic (exact) mass is 300 g/mol. The van der Waals surface area contributed by atoms with E-state index in [2.05, 4.69) is 11.4 Å². The largest absolute Gasteiger partial charge is 0.318 e. The van der Waals surface area contributed by atoms with Crippen molar-refractivity contribution in [1.29, 1.82) is 5.26 Å². The molecule has 0 saturated carbocycles. The van der Waals surface area contributed by atoms with Gasteiger partial charge in [-0.2, -0.15) is 5.26 Å². The number of amides is 1. The molecule has 1 aliphatic heterocycles. The summed E-state index contributed by atoms with van der Waals surface area (Å²) < 4.78 is 0. The van der Waals surface area contributed by atoms with E-state index in [1.54, 1.807) is 0 Å². The SMILES string of the molecule is CC(=O)/C(C#N)=C1\NC(=O)[C@H](Cc2ccc(C)c(C)c2)S1. The Bertz CT molecular complexity index is 686. The van der Waals surface area contributed by atoms with Gasteiger partial charge in [-0.3, -0.25) is 9.59 Å². The first-order valence-corrected chi connectivity index (χ1v) is 7.49. The molecule has 1 aliphatic rings. The second-order valence-corrected chi connectivity index (χ2v) is 6.30. The van der Waals surface area contributed by atoms with Gasteiger partial charge >= 0.3 is 0 Å².